The predicted octanol–water partition coefficient (Wildman–Crippen LogP) is 5.74. The Balaban J connectivity index is 0.00000136. The van der Waals surface area contributed by atoms with E-state index in [4.69, 9.17) is 13.9 Å². The number of esters is 1. The van der Waals surface area contributed by atoms with Crippen LogP contribution in [0.25, 0.3) is 16.5 Å². The highest BCUT2D eigenvalue weighted by Crippen LogP contribution is 2.28. The summed E-state index contributed by atoms with van der Waals surface area (Å²) in [5.74, 6) is 0.428. The molecule has 0 fully saturated rings. The van der Waals surface area contributed by atoms with Gasteiger partial charge in [-0.15, -0.1) is 0 Å². The largest absolute Gasteiger partial charge is 0.489 e. The Morgan fingerprint density at radius 1 is 1.18 bits per heavy atom. The Kier molecular flexibility index (Phi) is 7.81. The average molecular weight is 384 g/mol. The zero-order chi connectivity index (χ0) is 20.5. The van der Waals surface area contributed by atoms with Crippen LogP contribution in [0, 0.1) is 0 Å². The van der Waals surface area contributed by atoms with E-state index in [2.05, 4.69) is 6.58 Å². The van der Waals surface area contributed by atoms with E-state index in [1.165, 1.54) is 0 Å². The summed E-state index contributed by atoms with van der Waals surface area (Å²) < 4.78 is 26.1. The molecule has 0 bridgehead atoms. The van der Waals surface area contributed by atoms with Crippen molar-refractivity contribution in [2.24, 2.45) is 0 Å². The van der Waals surface area contributed by atoms with Crippen LogP contribution in [-0.4, -0.2) is 19.8 Å². The van der Waals surface area contributed by atoms with E-state index in [1.54, 1.807) is 13.2 Å². The lowest BCUT2D eigenvalue weighted by molar-refractivity contribution is -0.142. The molecule has 0 spiro atoms. The minimum atomic E-state index is -0.257. The summed E-state index contributed by atoms with van der Waals surface area (Å²) in [5.41, 5.74) is 4.59. The molecule has 0 atom stereocenters. The van der Waals surface area contributed by atoms with Gasteiger partial charge in [0, 0.05) is 16.5 Å². The van der Waals surface area contributed by atoms with Crippen LogP contribution in [0.15, 0.2) is 59.7 Å². The maximum Gasteiger partial charge on any atom is 0.310 e. The molecule has 3 aromatic rings. The number of allylic oxidation sites excluding steroid dienone is 1. The van der Waals surface area contributed by atoms with Crippen LogP contribution in [0.3, 0.4) is 0 Å². The molecule has 0 saturated heterocycles. The van der Waals surface area contributed by atoms with Gasteiger partial charge in [-0.2, -0.15) is 0 Å². The van der Waals surface area contributed by atoms with Gasteiger partial charge in [0.25, 0.3) is 0 Å². The van der Waals surface area contributed by atoms with Crippen molar-refractivity contribution in [3.05, 3.63) is 72.0 Å². The van der Waals surface area contributed by atoms with Gasteiger partial charge in [-0.25, -0.2) is 0 Å². The summed E-state index contributed by atoms with van der Waals surface area (Å²) in [6.07, 6.45) is 1.87. The van der Waals surface area contributed by atoms with E-state index in [-0.39, 0.29) is 12.4 Å². The molecule has 0 N–H and O–H groups in total. The van der Waals surface area contributed by atoms with Gasteiger partial charge in [0.1, 0.15) is 17.9 Å². The van der Waals surface area contributed by atoms with Crippen LogP contribution >= 0.6 is 0 Å². The van der Waals surface area contributed by atoms with Crippen molar-refractivity contribution >= 4 is 22.5 Å². The molecule has 0 aliphatic heterocycles. The highest BCUT2D eigenvalue weighted by atomic mass is 19.1. The normalized spacial score (nSPS) is 10.1. The number of benzene rings is 2. The number of rotatable bonds is 7. The lowest BCUT2D eigenvalue weighted by Gasteiger charge is -2.12. The van der Waals surface area contributed by atoms with Crippen molar-refractivity contribution in [1.82, 2.24) is 0 Å². The third-order valence-corrected chi connectivity index (χ3v) is 4.08. The first-order valence-electron chi connectivity index (χ1n) is 8.98. The molecular formula is C23H25FO4. The number of carbonyl (C=O) groups is 1. The van der Waals surface area contributed by atoms with E-state index in [9.17, 15) is 9.18 Å². The van der Waals surface area contributed by atoms with Gasteiger partial charge < -0.3 is 13.9 Å². The first kappa shape index (κ1) is 21.2. The Morgan fingerprint density at radius 2 is 1.93 bits per heavy atom. The minimum absolute atomic E-state index is 0.196. The highest BCUT2D eigenvalue weighted by Gasteiger charge is 2.11. The van der Waals surface area contributed by atoms with Crippen molar-refractivity contribution in [3.8, 4) is 5.75 Å². The number of fused-ring (bicyclic) bond motifs is 1. The SMILES string of the molecule is C=C(C)c1cc(COc2ccccc2CC(=O)OCC)cc2ccoc12.CF. The van der Waals surface area contributed by atoms with Crippen molar-refractivity contribution in [2.45, 2.75) is 26.9 Å². The van der Waals surface area contributed by atoms with Crippen molar-refractivity contribution in [2.75, 3.05) is 13.8 Å². The first-order valence-corrected chi connectivity index (χ1v) is 8.98. The van der Waals surface area contributed by atoms with Gasteiger partial charge in [0.05, 0.1) is 26.5 Å². The molecule has 0 amide bonds. The maximum absolute atomic E-state index is 11.8. The van der Waals surface area contributed by atoms with Gasteiger partial charge in [0.2, 0.25) is 0 Å². The van der Waals surface area contributed by atoms with E-state index >= 15 is 0 Å². The maximum atomic E-state index is 11.8. The quantitative estimate of drug-likeness (QED) is 0.488. The van der Waals surface area contributed by atoms with Gasteiger partial charge in [-0.05, 0) is 49.2 Å². The third kappa shape index (κ3) is 5.22. The van der Waals surface area contributed by atoms with E-state index in [0.717, 1.165) is 33.2 Å². The molecule has 0 aliphatic carbocycles. The van der Waals surface area contributed by atoms with Gasteiger partial charge in [0.15, 0.2) is 0 Å². The highest BCUT2D eigenvalue weighted by molar-refractivity contribution is 5.89. The monoisotopic (exact) mass is 384 g/mol. The van der Waals surface area contributed by atoms with Crippen LogP contribution in [-0.2, 0) is 22.6 Å². The van der Waals surface area contributed by atoms with Crippen LogP contribution in [0.1, 0.15) is 30.5 Å². The number of hydrogen-bond donors (Lipinski definition) is 0. The van der Waals surface area contributed by atoms with Crippen LogP contribution < -0.4 is 4.74 Å². The number of furan rings is 1. The molecular weight excluding hydrogens is 359 g/mol. The first-order chi connectivity index (χ1) is 13.6. The summed E-state index contributed by atoms with van der Waals surface area (Å²) in [6.45, 7) is 8.54. The number of hydrogen-bond acceptors (Lipinski definition) is 4. The third-order valence-electron chi connectivity index (χ3n) is 4.08. The molecule has 4 nitrogen and oxygen atoms in total. The zero-order valence-corrected chi connectivity index (χ0v) is 16.5. The van der Waals surface area contributed by atoms with Crippen molar-refractivity contribution in [1.29, 1.82) is 0 Å². The van der Waals surface area contributed by atoms with Crippen LogP contribution in [0.4, 0.5) is 4.39 Å². The fourth-order valence-electron chi connectivity index (χ4n) is 2.86. The smallest absolute Gasteiger partial charge is 0.310 e. The Morgan fingerprint density at radius 3 is 2.64 bits per heavy atom. The number of ether oxygens (including phenoxy) is 2. The number of alkyl halides is 1. The summed E-state index contributed by atoms with van der Waals surface area (Å²) in [5, 5.41) is 1.02. The fourth-order valence-corrected chi connectivity index (χ4v) is 2.86. The second-order valence-corrected chi connectivity index (χ2v) is 6.14. The fraction of sp³-hybridized carbons (Fsp3) is 0.261. The molecule has 148 valence electrons. The molecule has 0 saturated carbocycles. The van der Waals surface area contributed by atoms with Gasteiger partial charge in [-0.1, -0.05) is 24.8 Å². The summed E-state index contributed by atoms with van der Waals surface area (Å²) in [7, 11) is 0.500. The summed E-state index contributed by atoms with van der Waals surface area (Å²) >= 11 is 0. The Hall–Kier alpha value is -3.08. The zero-order valence-electron chi connectivity index (χ0n) is 16.5. The van der Waals surface area contributed by atoms with Gasteiger partial charge in [-0.3, -0.25) is 9.18 Å². The Labute approximate surface area is 164 Å². The van der Waals surface area contributed by atoms with Crippen LogP contribution in [0.2, 0.25) is 0 Å². The van der Waals surface area contributed by atoms with E-state index in [1.807, 2.05) is 49.4 Å². The molecule has 5 heteroatoms. The molecule has 0 radical (unpaired) electrons. The lowest BCUT2D eigenvalue weighted by atomic mass is 10.0. The second-order valence-electron chi connectivity index (χ2n) is 6.14. The van der Waals surface area contributed by atoms with Crippen molar-refractivity contribution in [3.63, 3.8) is 0 Å². The standard InChI is InChI=1S/C22H22O4.CH3F/c1-4-24-21(23)13-17-7-5-6-8-20(17)26-14-16-11-18-9-10-25-22(18)19(12-16)15(2)3;1-2/h5-12H,2,4,13-14H2,1,3H3;1H3. The number of halogens is 1. The molecule has 1 heterocycles. The van der Waals surface area contributed by atoms with Crippen molar-refractivity contribution < 1.29 is 23.1 Å². The minimum Gasteiger partial charge on any atom is -0.489 e. The molecule has 28 heavy (non-hydrogen) atoms. The molecule has 0 unspecified atom stereocenters. The average Bonchev–Trinajstić information content (AvgIpc) is 3.17. The summed E-state index contributed by atoms with van der Waals surface area (Å²) in [6, 6.07) is 13.5. The lowest BCUT2D eigenvalue weighted by Crippen LogP contribution is -2.09. The second kappa shape index (κ2) is 10.3. The molecule has 0 aliphatic rings. The predicted molar refractivity (Wildman–Crippen MR) is 109 cm³/mol. The Bertz CT molecular complexity index is 943. The molecule has 2 aromatic carbocycles. The van der Waals surface area contributed by atoms with Crippen LogP contribution in [0.5, 0.6) is 5.75 Å². The van der Waals surface area contributed by atoms with E-state index in [0.29, 0.717) is 26.1 Å². The molecule has 1 aromatic heterocycles. The topological polar surface area (TPSA) is 48.7 Å². The molecule has 3 rings (SSSR count). The summed E-state index contributed by atoms with van der Waals surface area (Å²) in [4.78, 5) is 11.8. The van der Waals surface area contributed by atoms with E-state index < -0.39 is 0 Å². The number of para-hydroxylation sites is 1. The van der Waals surface area contributed by atoms with Gasteiger partial charge >= 0.3 is 5.97 Å². The number of carbonyl (C=O) groups excluding carboxylic acids is 1.